The van der Waals surface area contributed by atoms with E-state index in [9.17, 15) is 4.79 Å². The van der Waals surface area contributed by atoms with E-state index in [1.807, 2.05) is 36.1 Å². The van der Waals surface area contributed by atoms with Gasteiger partial charge in [-0.3, -0.25) is 9.78 Å². The highest BCUT2D eigenvalue weighted by Gasteiger charge is 2.30. The van der Waals surface area contributed by atoms with Crippen molar-refractivity contribution in [3.05, 3.63) is 59.4 Å². The molecule has 4 nitrogen and oxygen atoms in total. The molecule has 2 aromatic rings. The third kappa shape index (κ3) is 2.61. The van der Waals surface area contributed by atoms with E-state index in [1.54, 1.807) is 18.5 Å². The van der Waals surface area contributed by atoms with E-state index in [4.69, 9.17) is 5.73 Å². The topological polar surface area (TPSA) is 59.2 Å². The number of likely N-dealkylation sites (tertiary alicyclic amines) is 1. The first-order chi connectivity index (χ1) is 10.2. The summed E-state index contributed by atoms with van der Waals surface area (Å²) >= 11 is 0. The molecular weight excluding hydrogens is 262 g/mol. The van der Waals surface area contributed by atoms with Crippen molar-refractivity contribution in [2.45, 2.75) is 25.8 Å². The molecule has 1 aromatic heterocycles. The number of benzene rings is 1. The van der Waals surface area contributed by atoms with Gasteiger partial charge in [0.05, 0.1) is 6.04 Å². The van der Waals surface area contributed by atoms with Crippen molar-refractivity contribution in [2.24, 2.45) is 0 Å². The first kappa shape index (κ1) is 13.6. The van der Waals surface area contributed by atoms with Crippen LogP contribution in [0.3, 0.4) is 0 Å². The molecule has 0 spiro atoms. The fourth-order valence-corrected chi connectivity index (χ4v) is 2.88. The maximum absolute atomic E-state index is 12.7. The quantitative estimate of drug-likeness (QED) is 0.861. The number of pyridine rings is 1. The summed E-state index contributed by atoms with van der Waals surface area (Å²) in [4.78, 5) is 18.7. The number of nitrogens with two attached hydrogens (primary N) is 1. The van der Waals surface area contributed by atoms with Gasteiger partial charge in [-0.15, -0.1) is 0 Å². The van der Waals surface area contributed by atoms with Crippen molar-refractivity contribution in [2.75, 3.05) is 12.3 Å². The van der Waals surface area contributed by atoms with Gasteiger partial charge in [-0.05, 0) is 55.2 Å². The molecule has 1 unspecified atom stereocenters. The van der Waals surface area contributed by atoms with E-state index >= 15 is 0 Å². The van der Waals surface area contributed by atoms with E-state index in [0.717, 1.165) is 30.5 Å². The minimum atomic E-state index is 0.0565. The average molecular weight is 281 g/mol. The van der Waals surface area contributed by atoms with Crippen LogP contribution in [0.15, 0.2) is 42.7 Å². The van der Waals surface area contributed by atoms with Crippen LogP contribution in [0.5, 0.6) is 0 Å². The monoisotopic (exact) mass is 281 g/mol. The fourth-order valence-electron chi connectivity index (χ4n) is 2.88. The minimum absolute atomic E-state index is 0.0565. The number of nitrogens with zero attached hydrogens (tertiary/aromatic N) is 2. The normalized spacial score (nSPS) is 18.0. The van der Waals surface area contributed by atoms with Crippen molar-refractivity contribution >= 4 is 11.6 Å². The number of carbonyl (C=O) groups excluding carboxylic acids is 1. The molecule has 21 heavy (non-hydrogen) atoms. The summed E-state index contributed by atoms with van der Waals surface area (Å²) in [6.45, 7) is 2.73. The van der Waals surface area contributed by atoms with Crippen LogP contribution in [0.25, 0.3) is 0 Å². The number of amides is 1. The minimum Gasteiger partial charge on any atom is -0.398 e. The van der Waals surface area contributed by atoms with Crippen LogP contribution < -0.4 is 5.73 Å². The van der Waals surface area contributed by atoms with Gasteiger partial charge >= 0.3 is 0 Å². The van der Waals surface area contributed by atoms with E-state index in [-0.39, 0.29) is 11.9 Å². The predicted molar refractivity (Wildman–Crippen MR) is 82.8 cm³/mol. The van der Waals surface area contributed by atoms with Crippen LogP contribution in [0.4, 0.5) is 5.69 Å². The molecule has 1 aromatic carbocycles. The maximum Gasteiger partial charge on any atom is 0.254 e. The van der Waals surface area contributed by atoms with Gasteiger partial charge in [-0.25, -0.2) is 0 Å². The van der Waals surface area contributed by atoms with Gasteiger partial charge in [0.15, 0.2) is 0 Å². The second kappa shape index (κ2) is 5.56. The van der Waals surface area contributed by atoms with E-state index < -0.39 is 0 Å². The van der Waals surface area contributed by atoms with E-state index in [1.165, 1.54) is 0 Å². The third-order valence-electron chi connectivity index (χ3n) is 4.13. The Morgan fingerprint density at radius 3 is 2.76 bits per heavy atom. The molecule has 2 N–H and O–H groups in total. The number of hydrogen-bond acceptors (Lipinski definition) is 3. The number of carbonyl (C=O) groups is 1. The van der Waals surface area contributed by atoms with Gasteiger partial charge in [0.25, 0.3) is 5.91 Å². The van der Waals surface area contributed by atoms with Gasteiger partial charge in [0, 0.05) is 30.2 Å². The lowest BCUT2D eigenvalue weighted by Crippen LogP contribution is -2.30. The number of anilines is 1. The first-order valence-corrected chi connectivity index (χ1v) is 7.24. The summed E-state index contributed by atoms with van der Waals surface area (Å²) in [6.07, 6.45) is 5.58. The Kier molecular flexibility index (Phi) is 3.60. The molecule has 1 atom stereocenters. The third-order valence-corrected chi connectivity index (χ3v) is 4.13. The van der Waals surface area contributed by atoms with Crippen LogP contribution in [0.2, 0.25) is 0 Å². The smallest absolute Gasteiger partial charge is 0.254 e. The fraction of sp³-hybridized carbons (Fsp3) is 0.294. The highest BCUT2D eigenvalue weighted by Crippen LogP contribution is 2.33. The molecule has 0 saturated carbocycles. The summed E-state index contributed by atoms with van der Waals surface area (Å²) in [7, 11) is 0. The summed E-state index contributed by atoms with van der Waals surface area (Å²) in [5.74, 6) is 0.0565. The highest BCUT2D eigenvalue weighted by molar-refractivity contribution is 5.95. The molecule has 1 saturated heterocycles. The molecule has 1 fully saturated rings. The van der Waals surface area contributed by atoms with Crippen molar-refractivity contribution < 1.29 is 4.79 Å². The Hall–Kier alpha value is -2.36. The Labute approximate surface area is 124 Å². The standard InChI is InChI=1S/C17H19N3O/c1-12-4-5-14(11-15(12)18)17(21)20-10-2-3-16(20)13-6-8-19-9-7-13/h4-9,11,16H,2-3,10,18H2,1H3. The molecule has 1 aliphatic heterocycles. The van der Waals surface area contributed by atoms with Crippen LogP contribution in [-0.2, 0) is 0 Å². The zero-order chi connectivity index (χ0) is 14.8. The lowest BCUT2D eigenvalue weighted by molar-refractivity contribution is 0.0735. The molecule has 0 radical (unpaired) electrons. The molecule has 1 amide bonds. The molecule has 3 rings (SSSR count). The molecule has 108 valence electrons. The predicted octanol–water partition coefficient (Wildman–Crippen LogP) is 2.95. The lowest BCUT2D eigenvalue weighted by atomic mass is 10.0. The Morgan fingerprint density at radius 2 is 2.05 bits per heavy atom. The largest absolute Gasteiger partial charge is 0.398 e. The van der Waals surface area contributed by atoms with Crippen LogP contribution in [0, 0.1) is 6.92 Å². The maximum atomic E-state index is 12.7. The van der Waals surface area contributed by atoms with Crippen LogP contribution >= 0.6 is 0 Å². The SMILES string of the molecule is Cc1ccc(C(=O)N2CCCC2c2ccncc2)cc1N. The molecule has 0 aliphatic carbocycles. The zero-order valence-electron chi connectivity index (χ0n) is 12.1. The van der Waals surface area contributed by atoms with Crippen LogP contribution in [-0.4, -0.2) is 22.3 Å². The van der Waals surface area contributed by atoms with Gasteiger partial charge < -0.3 is 10.6 Å². The molecule has 2 heterocycles. The Morgan fingerprint density at radius 1 is 1.29 bits per heavy atom. The second-order valence-corrected chi connectivity index (χ2v) is 5.51. The number of rotatable bonds is 2. The highest BCUT2D eigenvalue weighted by atomic mass is 16.2. The lowest BCUT2D eigenvalue weighted by Gasteiger charge is -2.25. The van der Waals surface area contributed by atoms with Gasteiger partial charge in [0.1, 0.15) is 0 Å². The molecule has 1 aliphatic rings. The second-order valence-electron chi connectivity index (χ2n) is 5.51. The van der Waals surface area contributed by atoms with Gasteiger partial charge in [-0.1, -0.05) is 6.07 Å². The van der Waals surface area contributed by atoms with Crippen molar-refractivity contribution in [1.82, 2.24) is 9.88 Å². The van der Waals surface area contributed by atoms with Gasteiger partial charge in [0.2, 0.25) is 0 Å². The number of aromatic nitrogens is 1. The van der Waals surface area contributed by atoms with Crippen LogP contribution in [0.1, 0.15) is 40.4 Å². The summed E-state index contributed by atoms with van der Waals surface area (Å²) < 4.78 is 0. The van der Waals surface area contributed by atoms with E-state index in [2.05, 4.69) is 4.98 Å². The zero-order valence-corrected chi connectivity index (χ0v) is 12.1. The van der Waals surface area contributed by atoms with E-state index in [0.29, 0.717) is 11.3 Å². The summed E-state index contributed by atoms with van der Waals surface area (Å²) in [5, 5.41) is 0. The number of nitrogen functional groups attached to an aromatic ring is 1. The average Bonchev–Trinajstić information content (AvgIpc) is 2.99. The molecule has 0 bridgehead atoms. The Bertz CT molecular complexity index is 654. The first-order valence-electron chi connectivity index (χ1n) is 7.24. The number of aryl methyl sites for hydroxylation is 1. The van der Waals surface area contributed by atoms with Crippen molar-refractivity contribution in [1.29, 1.82) is 0 Å². The summed E-state index contributed by atoms with van der Waals surface area (Å²) in [6, 6.07) is 9.65. The van der Waals surface area contributed by atoms with Crippen molar-refractivity contribution in [3.63, 3.8) is 0 Å². The van der Waals surface area contributed by atoms with Crippen molar-refractivity contribution in [3.8, 4) is 0 Å². The number of hydrogen-bond donors (Lipinski definition) is 1. The molecular formula is C17H19N3O. The Balaban J connectivity index is 1.88. The summed E-state index contributed by atoms with van der Waals surface area (Å²) in [5.41, 5.74) is 9.40. The molecule has 4 heteroatoms. The van der Waals surface area contributed by atoms with Gasteiger partial charge in [-0.2, -0.15) is 0 Å².